The third-order valence-corrected chi connectivity index (χ3v) is 6.16. The average Bonchev–Trinajstić information content (AvgIpc) is 3.58. The summed E-state index contributed by atoms with van der Waals surface area (Å²) in [4.78, 5) is 11.9. The predicted octanol–water partition coefficient (Wildman–Crippen LogP) is 1.45. The normalized spacial score (nSPS) is 15.5. The van der Waals surface area contributed by atoms with Crippen LogP contribution in [0, 0.1) is 0 Å². The Bertz CT molecular complexity index is 987. The number of hydrogen-bond donors (Lipinski definition) is 5. The van der Waals surface area contributed by atoms with Crippen LogP contribution in [0.4, 0.5) is 0 Å². The van der Waals surface area contributed by atoms with Gasteiger partial charge in [0.1, 0.15) is 6.10 Å². The Morgan fingerprint density at radius 2 is 1.54 bits per heavy atom. The summed E-state index contributed by atoms with van der Waals surface area (Å²) >= 11 is 2.95. The molecule has 0 radical (unpaired) electrons. The monoisotopic (exact) mass is 568 g/mol. The third kappa shape index (κ3) is 15.3. The lowest BCUT2D eigenvalue weighted by molar-refractivity contribution is -0.628. The maximum atomic E-state index is 10.1. The molecule has 2 aromatic heterocycles. The molecule has 0 spiro atoms. The summed E-state index contributed by atoms with van der Waals surface area (Å²) < 4.78 is 41.5. The first-order chi connectivity index (χ1) is 18.2. The van der Waals surface area contributed by atoms with Crippen LogP contribution in [-0.4, -0.2) is 48.3 Å². The SMILES string of the molecule is O=C([O-])[C@@H](O)c1ccccc1.S.S.[2H]C([2H])([2H])NCCC(O)c1cccs1.[2H]C([2H])([2H])[NH2+]CC[C@H](O)c1cccs1. The van der Waals surface area contributed by atoms with Gasteiger partial charge in [0.2, 0.25) is 0 Å². The number of quaternary nitrogens is 1. The van der Waals surface area contributed by atoms with Gasteiger partial charge in [-0.05, 0) is 48.4 Å². The van der Waals surface area contributed by atoms with Gasteiger partial charge in [-0.1, -0.05) is 42.5 Å². The van der Waals surface area contributed by atoms with E-state index in [0.717, 1.165) is 9.75 Å². The number of carboxylic acid groups (broad SMARTS) is 1. The van der Waals surface area contributed by atoms with Crippen LogP contribution in [0.15, 0.2) is 65.4 Å². The number of carboxylic acids is 1. The molecule has 6 N–H and O–H groups in total. The average molecular weight is 569 g/mol. The van der Waals surface area contributed by atoms with Gasteiger partial charge in [0, 0.05) is 20.3 Å². The van der Waals surface area contributed by atoms with Crippen LogP contribution in [-0.2, 0) is 4.79 Å². The van der Waals surface area contributed by atoms with E-state index in [2.05, 4.69) is 5.32 Å². The topological polar surface area (TPSA) is 129 Å². The van der Waals surface area contributed by atoms with Gasteiger partial charge in [-0.3, -0.25) is 0 Å². The van der Waals surface area contributed by atoms with Crippen molar-refractivity contribution in [1.82, 2.24) is 5.32 Å². The van der Waals surface area contributed by atoms with Crippen LogP contribution in [0.2, 0.25) is 0 Å². The molecule has 3 atom stereocenters. The number of carbonyl (C=O) groups excluding carboxylic acids is 1. The zero-order valence-corrected chi connectivity index (χ0v) is 22.6. The summed E-state index contributed by atoms with van der Waals surface area (Å²) in [5.41, 5.74) is 0.340. The van der Waals surface area contributed by atoms with E-state index in [1.165, 1.54) is 40.1 Å². The number of thiophene rings is 2. The summed E-state index contributed by atoms with van der Waals surface area (Å²) in [7, 11) is 0. The van der Waals surface area contributed by atoms with Crippen LogP contribution in [0.3, 0.4) is 0 Å². The van der Waals surface area contributed by atoms with Crippen molar-refractivity contribution in [3.05, 3.63) is 80.7 Å². The van der Waals surface area contributed by atoms with Gasteiger partial charge in [0.15, 0.2) is 0 Å². The Balaban J connectivity index is 0. The van der Waals surface area contributed by atoms with Crippen molar-refractivity contribution < 1.29 is 38.8 Å². The molecule has 198 valence electrons. The van der Waals surface area contributed by atoms with Crippen LogP contribution >= 0.6 is 49.7 Å². The Hall–Kier alpha value is -1.41. The summed E-state index contributed by atoms with van der Waals surface area (Å²) in [6.45, 7) is -3.41. The summed E-state index contributed by atoms with van der Waals surface area (Å²) in [6, 6.07) is 15.5. The molecule has 0 bridgehead atoms. The van der Waals surface area contributed by atoms with Gasteiger partial charge in [0.25, 0.3) is 0 Å². The van der Waals surface area contributed by atoms with Crippen molar-refractivity contribution in [2.45, 2.75) is 31.2 Å². The smallest absolute Gasteiger partial charge is 0.118 e. The fourth-order valence-corrected chi connectivity index (χ4v) is 3.96. The zero-order valence-electron chi connectivity index (χ0n) is 25.0. The molecule has 0 aliphatic heterocycles. The van der Waals surface area contributed by atoms with E-state index in [0.29, 0.717) is 24.9 Å². The number of carbonyl (C=O) groups is 1. The molecule has 1 unspecified atom stereocenters. The molecule has 2 heterocycles. The molecular formula is C24H38N2O5S4. The summed E-state index contributed by atoms with van der Waals surface area (Å²) in [5, 5.41) is 45.7. The second kappa shape index (κ2) is 21.8. The Kier molecular flexibility index (Phi) is 15.8. The summed E-state index contributed by atoms with van der Waals surface area (Å²) in [5.74, 6) is -1.48. The number of aliphatic hydroxyl groups is 3. The van der Waals surface area contributed by atoms with Crippen LogP contribution in [0.25, 0.3) is 0 Å². The maximum Gasteiger partial charge on any atom is 0.118 e. The quantitative estimate of drug-likeness (QED) is 0.252. The molecule has 0 aliphatic carbocycles. The first kappa shape index (κ1) is 25.2. The number of benzene rings is 1. The predicted molar refractivity (Wildman–Crippen MR) is 152 cm³/mol. The van der Waals surface area contributed by atoms with Gasteiger partial charge in [-0.25, -0.2) is 0 Å². The second-order valence-electron chi connectivity index (χ2n) is 6.69. The highest BCUT2D eigenvalue weighted by Crippen LogP contribution is 2.21. The molecule has 3 rings (SSSR count). The standard InChI is InChI=1S/2C8H13NOS.C8H8O3.2H2S/c2*1-9-5-4-7(10)8-3-2-6-11-8;9-7(8(10)11)6-4-2-1-3-5-6;;/h2*2-3,6-7,9-10H,4-5H2,1H3;1-5,7,9H,(H,10,11);2*1H2/t7-;;7-;;/m0.0../s1/i2*1D3;;;. The van der Waals surface area contributed by atoms with E-state index in [9.17, 15) is 20.1 Å². The number of aliphatic hydroxyl groups excluding tert-OH is 3. The lowest BCUT2D eigenvalue weighted by Gasteiger charge is -2.10. The van der Waals surface area contributed by atoms with E-state index in [4.69, 9.17) is 13.3 Å². The van der Waals surface area contributed by atoms with E-state index in [1.807, 2.05) is 35.0 Å². The number of hydrogen-bond acceptors (Lipinski definition) is 8. The van der Waals surface area contributed by atoms with Crippen molar-refractivity contribution in [1.29, 1.82) is 0 Å². The van der Waals surface area contributed by atoms with Crippen molar-refractivity contribution in [3.8, 4) is 0 Å². The number of rotatable bonds is 10. The molecule has 0 saturated heterocycles. The van der Waals surface area contributed by atoms with Crippen LogP contribution in [0.5, 0.6) is 0 Å². The first-order valence-corrected chi connectivity index (χ1v) is 11.9. The number of nitrogens with two attached hydrogens (primary N) is 1. The molecule has 3 aromatic rings. The lowest BCUT2D eigenvalue weighted by Crippen LogP contribution is -2.79. The highest BCUT2D eigenvalue weighted by atomic mass is 32.1. The van der Waals surface area contributed by atoms with Crippen molar-refractivity contribution in [2.24, 2.45) is 0 Å². The van der Waals surface area contributed by atoms with Crippen LogP contribution < -0.4 is 15.7 Å². The fourth-order valence-electron chi connectivity index (χ4n) is 2.47. The molecule has 1 aromatic carbocycles. The first-order valence-electron chi connectivity index (χ1n) is 13.2. The van der Waals surface area contributed by atoms with Gasteiger partial charge < -0.3 is 35.9 Å². The van der Waals surface area contributed by atoms with Crippen molar-refractivity contribution in [3.63, 3.8) is 0 Å². The second-order valence-corrected chi connectivity index (χ2v) is 8.65. The Morgan fingerprint density at radius 1 is 0.971 bits per heavy atom. The van der Waals surface area contributed by atoms with Gasteiger partial charge in [-0.2, -0.15) is 27.0 Å². The lowest BCUT2D eigenvalue weighted by atomic mass is 10.1. The molecule has 35 heavy (non-hydrogen) atoms. The van der Waals surface area contributed by atoms with E-state index < -0.39 is 38.2 Å². The molecule has 0 saturated carbocycles. The molecular weight excluding hydrogens is 525 g/mol. The van der Waals surface area contributed by atoms with Crippen molar-refractivity contribution in [2.75, 3.05) is 27.0 Å². The van der Waals surface area contributed by atoms with Gasteiger partial charge in [0.05, 0.1) is 35.8 Å². The fraction of sp³-hybridized carbons (Fsp3) is 0.375. The largest absolute Gasteiger partial charge is 0.547 e. The molecule has 0 amide bonds. The Labute approximate surface area is 238 Å². The van der Waals surface area contributed by atoms with E-state index in [-0.39, 0.29) is 33.5 Å². The van der Waals surface area contributed by atoms with E-state index >= 15 is 0 Å². The third-order valence-electron chi connectivity index (χ3n) is 4.21. The highest BCUT2D eigenvalue weighted by molar-refractivity contribution is 7.59. The molecule has 11 heteroatoms. The Morgan fingerprint density at radius 3 is 2.00 bits per heavy atom. The molecule has 0 aliphatic rings. The molecule has 0 fully saturated rings. The van der Waals surface area contributed by atoms with Crippen molar-refractivity contribution >= 4 is 55.6 Å². The number of aliphatic carboxylic acids is 1. The highest BCUT2D eigenvalue weighted by Gasteiger charge is 2.08. The van der Waals surface area contributed by atoms with Gasteiger partial charge in [-0.15, -0.1) is 22.7 Å². The minimum Gasteiger partial charge on any atom is -0.547 e. The van der Waals surface area contributed by atoms with Gasteiger partial charge >= 0.3 is 0 Å². The van der Waals surface area contributed by atoms with Crippen LogP contribution in [0.1, 0.15) is 54.7 Å². The number of nitrogens with one attached hydrogen (secondary N) is 1. The summed E-state index contributed by atoms with van der Waals surface area (Å²) in [6.07, 6.45) is -1.73. The minimum atomic E-state index is -2.12. The maximum absolute atomic E-state index is 10.1. The zero-order chi connectivity index (χ0) is 29.5. The van der Waals surface area contributed by atoms with E-state index in [1.54, 1.807) is 18.2 Å². The minimum absolute atomic E-state index is 0. The molecule has 7 nitrogen and oxygen atoms in total.